The molecule has 0 bridgehead atoms. The molecule has 0 spiro atoms. The van der Waals surface area contributed by atoms with Crippen molar-refractivity contribution in [3.05, 3.63) is 102 Å². The summed E-state index contributed by atoms with van der Waals surface area (Å²) in [6, 6.07) is 25.0. The van der Waals surface area contributed by atoms with E-state index in [1.165, 1.54) is 0 Å². The van der Waals surface area contributed by atoms with Crippen molar-refractivity contribution in [1.82, 2.24) is 4.98 Å². The molecule has 3 rings (SSSR count). The molecule has 2 aromatic carbocycles. The summed E-state index contributed by atoms with van der Waals surface area (Å²) in [4.78, 5) is 4.20. The lowest BCUT2D eigenvalue weighted by Crippen LogP contribution is -2.26. The van der Waals surface area contributed by atoms with Gasteiger partial charge in [-0.15, -0.1) is 0 Å². The van der Waals surface area contributed by atoms with Crippen LogP contribution >= 0.6 is 0 Å². The lowest BCUT2D eigenvalue weighted by molar-refractivity contribution is 0.101. The Balaban J connectivity index is 1.99. The van der Waals surface area contributed by atoms with Gasteiger partial charge in [0.1, 0.15) is 5.69 Å². The van der Waals surface area contributed by atoms with Crippen LogP contribution in [0.3, 0.4) is 0 Å². The summed E-state index contributed by atoms with van der Waals surface area (Å²) in [6.45, 7) is 0. The summed E-state index contributed by atoms with van der Waals surface area (Å²) in [7, 11) is 0. The van der Waals surface area contributed by atoms with Gasteiger partial charge in [-0.25, -0.2) is 4.98 Å². The van der Waals surface area contributed by atoms with Crippen LogP contribution in [0.25, 0.3) is 0 Å². The molecule has 3 aromatic rings. The standard InChI is InChI=1S/C21H17NO/c23-21(19-11-5-2-6-12-19,17-18-9-3-1-4-10-18)15-14-20-13-7-8-16-22-20/h1-13,16,23H,17H2/t21-/m0/s1. The van der Waals surface area contributed by atoms with E-state index in [1.807, 2.05) is 78.9 Å². The molecule has 1 heterocycles. The number of aromatic nitrogens is 1. The summed E-state index contributed by atoms with van der Waals surface area (Å²) in [5.74, 6) is 6.01. The third-order valence-electron chi connectivity index (χ3n) is 3.62. The van der Waals surface area contributed by atoms with Crippen LogP contribution in [0, 0.1) is 11.8 Å². The Labute approximate surface area is 136 Å². The SMILES string of the molecule is O[C@@](C#Cc1ccccn1)(Cc1ccccc1)c1ccccc1. The van der Waals surface area contributed by atoms with Gasteiger partial charge in [-0.3, -0.25) is 0 Å². The van der Waals surface area contributed by atoms with E-state index >= 15 is 0 Å². The molecule has 0 aliphatic carbocycles. The van der Waals surface area contributed by atoms with Crippen LogP contribution in [0.2, 0.25) is 0 Å². The molecule has 1 N–H and O–H groups in total. The minimum absolute atomic E-state index is 0.428. The minimum Gasteiger partial charge on any atom is -0.373 e. The highest BCUT2D eigenvalue weighted by Crippen LogP contribution is 2.25. The van der Waals surface area contributed by atoms with Crippen molar-refractivity contribution >= 4 is 0 Å². The van der Waals surface area contributed by atoms with E-state index in [4.69, 9.17) is 0 Å². The molecule has 1 aromatic heterocycles. The van der Waals surface area contributed by atoms with Gasteiger partial charge < -0.3 is 5.11 Å². The van der Waals surface area contributed by atoms with E-state index in [2.05, 4.69) is 16.8 Å². The maximum atomic E-state index is 11.2. The highest BCUT2D eigenvalue weighted by molar-refractivity contribution is 5.39. The Bertz CT molecular complexity index is 804. The monoisotopic (exact) mass is 299 g/mol. The van der Waals surface area contributed by atoms with E-state index in [9.17, 15) is 5.11 Å². The van der Waals surface area contributed by atoms with Gasteiger partial charge in [0.25, 0.3) is 0 Å². The predicted molar refractivity (Wildman–Crippen MR) is 91.6 cm³/mol. The molecule has 0 saturated carbocycles. The number of nitrogens with zero attached hydrogens (tertiary/aromatic N) is 1. The first-order chi connectivity index (χ1) is 11.3. The molecule has 1 atom stereocenters. The summed E-state index contributed by atoms with van der Waals surface area (Å²) < 4.78 is 0. The smallest absolute Gasteiger partial charge is 0.155 e. The van der Waals surface area contributed by atoms with Crippen LogP contribution in [-0.4, -0.2) is 10.1 Å². The predicted octanol–water partition coefficient (Wildman–Crippen LogP) is 3.56. The van der Waals surface area contributed by atoms with E-state index in [-0.39, 0.29) is 0 Å². The van der Waals surface area contributed by atoms with E-state index < -0.39 is 5.60 Å². The molecule has 2 nitrogen and oxygen atoms in total. The fourth-order valence-electron chi connectivity index (χ4n) is 2.43. The van der Waals surface area contributed by atoms with Gasteiger partial charge >= 0.3 is 0 Å². The number of rotatable bonds is 3. The molecular weight excluding hydrogens is 282 g/mol. The molecule has 0 radical (unpaired) electrons. The largest absolute Gasteiger partial charge is 0.373 e. The molecule has 0 saturated heterocycles. The van der Waals surface area contributed by atoms with Gasteiger partial charge in [-0.05, 0) is 29.2 Å². The highest BCUT2D eigenvalue weighted by Gasteiger charge is 2.27. The second-order valence-electron chi connectivity index (χ2n) is 5.35. The third-order valence-corrected chi connectivity index (χ3v) is 3.62. The van der Waals surface area contributed by atoms with Crippen LogP contribution in [0.1, 0.15) is 16.8 Å². The van der Waals surface area contributed by atoms with Gasteiger partial charge in [0.15, 0.2) is 5.60 Å². The van der Waals surface area contributed by atoms with Crippen molar-refractivity contribution in [2.24, 2.45) is 0 Å². The molecule has 0 fully saturated rings. The van der Waals surface area contributed by atoms with Crippen molar-refractivity contribution in [3.63, 3.8) is 0 Å². The van der Waals surface area contributed by atoms with Crippen molar-refractivity contribution in [1.29, 1.82) is 0 Å². The second kappa shape index (κ2) is 6.91. The maximum absolute atomic E-state index is 11.2. The third kappa shape index (κ3) is 3.85. The Morgan fingerprint density at radius 3 is 2.13 bits per heavy atom. The number of hydrogen-bond acceptors (Lipinski definition) is 2. The van der Waals surface area contributed by atoms with E-state index in [0.29, 0.717) is 12.1 Å². The number of pyridine rings is 1. The Hall–Kier alpha value is -2.89. The van der Waals surface area contributed by atoms with Crippen LogP contribution in [-0.2, 0) is 12.0 Å². The Morgan fingerprint density at radius 2 is 1.48 bits per heavy atom. The minimum atomic E-state index is -1.25. The summed E-state index contributed by atoms with van der Waals surface area (Å²) >= 11 is 0. The molecule has 112 valence electrons. The molecule has 0 aliphatic rings. The molecule has 23 heavy (non-hydrogen) atoms. The van der Waals surface area contributed by atoms with Crippen molar-refractivity contribution in [3.8, 4) is 11.8 Å². The zero-order valence-corrected chi connectivity index (χ0v) is 12.7. The van der Waals surface area contributed by atoms with Crippen LogP contribution < -0.4 is 0 Å². The first kappa shape index (κ1) is 15.0. The number of aliphatic hydroxyl groups is 1. The average Bonchev–Trinajstić information content (AvgIpc) is 2.63. The van der Waals surface area contributed by atoms with Gasteiger partial charge in [-0.1, -0.05) is 72.7 Å². The molecule has 0 unspecified atom stereocenters. The zero-order chi connectivity index (χ0) is 16.0. The summed E-state index contributed by atoms with van der Waals surface area (Å²) in [6.07, 6.45) is 2.13. The van der Waals surface area contributed by atoms with Gasteiger partial charge in [-0.2, -0.15) is 0 Å². The van der Waals surface area contributed by atoms with E-state index in [0.717, 1.165) is 11.1 Å². The summed E-state index contributed by atoms with van der Waals surface area (Å²) in [5.41, 5.74) is 1.22. The zero-order valence-electron chi connectivity index (χ0n) is 12.7. The van der Waals surface area contributed by atoms with Crippen molar-refractivity contribution in [2.75, 3.05) is 0 Å². The first-order valence-corrected chi connectivity index (χ1v) is 7.52. The maximum Gasteiger partial charge on any atom is 0.155 e. The van der Waals surface area contributed by atoms with Crippen molar-refractivity contribution in [2.45, 2.75) is 12.0 Å². The average molecular weight is 299 g/mol. The first-order valence-electron chi connectivity index (χ1n) is 7.52. The molecule has 2 heteroatoms. The normalized spacial score (nSPS) is 12.7. The fourth-order valence-corrected chi connectivity index (χ4v) is 2.43. The quantitative estimate of drug-likeness (QED) is 0.750. The fraction of sp³-hybridized carbons (Fsp3) is 0.0952. The van der Waals surface area contributed by atoms with Crippen LogP contribution in [0.15, 0.2) is 85.1 Å². The number of benzene rings is 2. The second-order valence-corrected chi connectivity index (χ2v) is 5.35. The van der Waals surface area contributed by atoms with Crippen LogP contribution in [0.4, 0.5) is 0 Å². The lowest BCUT2D eigenvalue weighted by atomic mass is 9.87. The Morgan fingerprint density at radius 1 is 0.826 bits per heavy atom. The van der Waals surface area contributed by atoms with Gasteiger partial charge in [0.05, 0.1) is 0 Å². The lowest BCUT2D eigenvalue weighted by Gasteiger charge is -2.23. The molecule has 0 aliphatic heterocycles. The topological polar surface area (TPSA) is 33.1 Å². The van der Waals surface area contributed by atoms with E-state index in [1.54, 1.807) is 6.20 Å². The van der Waals surface area contributed by atoms with Gasteiger partial charge in [0.2, 0.25) is 0 Å². The molecular formula is C21H17NO. The highest BCUT2D eigenvalue weighted by atomic mass is 16.3. The molecule has 0 amide bonds. The van der Waals surface area contributed by atoms with Gasteiger partial charge in [0, 0.05) is 12.6 Å². The van der Waals surface area contributed by atoms with Crippen LogP contribution in [0.5, 0.6) is 0 Å². The summed E-state index contributed by atoms with van der Waals surface area (Å²) in [5, 5.41) is 11.2. The van der Waals surface area contributed by atoms with Crippen molar-refractivity contribution < 1.29 is 5.11 Å². The Kier molecular flexibility index (Phi) is 4.52. The number of hydrogen-bond donors (Lipinski definition) is 1.